The van der Waals surface area contributed by atoms with Crippen LogP contribution in [0.1, 0.15) is 45.9 Å². The molecular weight excluding hydrogens is 264 g/mol. The van der Waals surface area contributed by atoms with Crippen molar-refractivity contribution in [3.8, 4) is 0 Å². The molecule has 0 spiro atoms. The number of rotatable bonds is 2. The maximum absolute atomic E-state index is 12.3. The van der Waals surface area contributed by atoms with Crippen LogP contribution in [0, 0.1) is 17.3 Å². The van der Waals surface area contributed by atoms with E-state index in [1.165, 1.54) is 0 Å². The monoisotopic (exact) mass is 290 g/mol. The Labute approximate surface area is 126 Å². The Morgan fingerprint density at radius 2 is 2.14 bits per heavy atom. The summed E-state index contributed by atoms with van der Waals surface area (Å²) in [5, 5.41) is 8.12. The van der Waals surface area contributed by atoms with Gasteiger partial charge in [-0.2, -0.15) is 0 Å². The third-order valence-electron chi connectivity index (χ3n) is 5.18. The quantitative estimate of drug-likeness (QED) is 0.837. The van der Waals surface area contributed by atoms with Gasteiger partial charge in [-0.15, -0.1) is 10.2 Å². The van der Waals surface area contributed by atoms with E-state index < -0.39 is 0 Å². The summed E-state index contributed by atoms with van der Waals surface area (Å²) < 4.78 is 2.11. The SMILES string of the molecule is CC(C)(C)C1CCC(=O)C(CN2CCn3cnnc3C2)C1. The summed E-state index contributed by atoms with van der Waals surface area (Å²) in [5.41, 5.74) is 0.307. The van der Waals surface area contributed by atoms with Crippen LogP contribution < -0.4 is 0 Å². The number of carbonyl (C=O) groups excluding carboxylic acids is 1. The second-order valence-electron chi connectivity index (χ2n) is 7.68. The van der Waals surface area contributed by atoms with Crippen LogP contribution in [0.25, 0.3) is 0 Å². The van der Waals surface area contributed by atoms with Gasteiger partial charge in [0.1, 0.15) is 17.9 Å². The standard InChI is InChI=1S/C16H26N4O/c1-16(2,3)13-4-5-14(21)12(8-13)9-19-6-7-20-11-17-18-15(20)10-19/h11-13H,4-10H2,1-3H3. The molecule has 0 radical (unpaired) electrons. The van der Waals surface area contributed by atoms with Crippen molar-refractivity contribution in [3.63, 3.8) is 0 Å². The van der Waals surface area contributed by atoms with Crippen molar-refractivity contribution in [1.82, 2.24) is 19.7 Å². The molecule has 1 aromatic heterocycles. The van der Waals surface area contributed by atoms with Gasteiger partial charge in [-0.1, -0.05) is 20.8 Å². The van der Waals surface area contributed by atoms with Gasteiger partial charge in [-0.05, 0) is 24.2 Å². The molecule has 1 aliphatic carbocycles. The zero-order chi connectivity index (χ0) is 15.0. The van der Waals surface area contributed by atoms with Gasteiger partial charge in [0.05, 0.1) is 6.54 Å². The highest BCUT2D eigenvalue weighted by Crippen LogP contribution is 2.39. The summed E-state index contributed by atoms with van der Waals surface area (Å²) in [4.78, 5) is 14.6. The van der Waals surface area contributed by atoms with Gasteiger partial charge in [-0.3, -0.25) is 9.69 Å². The first-order valence-corrected chi connectivity index (χ1v) is 8.05. The lowest BCUT2D eigenvalue weighted by Gasteiger charge is -2.39. The molecule has 0 amide bonds. The van der Waals surface area contributed by atoms with Crippen molar-refractivity contribution in [1.29, 1.82) is 0 Å². The average molecular weight is 290 g/mol. The highest BCUT2D eigenvalue weighted by Gasteiger charge is 2.36. The van der Waals surface area contributed by atoms with Gasteiger partial charge in [0, 0.05) is 32.0 Å². The van der Waals surface area contributed by atoms with E-state index in [9.17, 15) is 4.79 Å². The minimum absolute atomic E-state index is 0.206. The van der Waals surface area contributed by atoms with Gasteiger partial charge in [-0.25, -0.2) is 0 Å². The summed E-state index contributed by atoms with van der Waals surface area (Å²) in [6, 6.07) is 0. The first kappa shape index (κ1) is 14.7. The van der Waals surface area contributed by atoms with Gasteiger partial charge in [0.25, 0.3) is 0 Å². The molecule has 0 saturated heterocycles. The number of carbonyl (C=O) groups is 1. The summed E-state index contributed by atoms with van der Waals surface area (Å²) in [6.07, 6.45) is 4.67. The van der Waals surface area contributed by atoms with E-state index in [1.54, 1.807) is 6.33 Å². The second kappa shape index (κ2) is 5.52. The molecule has 1 aliphatic heterocycles. The molecule has 2 aliphatic rings. The van der Waals surface area contributed by atoms with Crippen LogP contribution in [0.15, 0.2) is 6.33 Å². The molecule has 1 saturated carbocycles. The molecule has 2 atom stereocenters. The normalized spacial score (nSPS) is 27.7. The highest BCUT2D eigenvalue weighted by molar-refractivity contribution is 5.82. The van der Waals surface area contributed by atoms with Crippen LogP contribution >= 0.6 is 0 Å². The lowest BCUT2D eigenvalue weighted by molar-refractivity contribution is -0.127. The summed E-state index contributed by atoms with van der Waals surface area (Å²) >= 11 is 0. The van der Waals surface area contributed by atoms with Gasteiger partial charge >= 0.3 is 0 Å². The number of hydrogen-bond acceptors (Lipinski definition) is 4. The Morgan fingerprint density at radius 1 is 1.33 bits per heavy atom. The summed E-state index contributed by atoms with van der Waals surface area (Å²) in [5.74, 6) is 2.35. The fourth-order valence-corrected chi connectivity index (χ4v) is 3.66. The molecule has 5 nitrogen and oxygen atoms in total. The van der Waals surface area contributed by atoms with Crippen molar-refractivity contribution in [2.24, 2.45) is 17.3 Å². The molecule has 0 aromatic carbocycles. The molecule has 1 fully saturated rings. The topological polar surface area (TPSA) is 51.0 Å². The first-order valence-electron chi connectivity index (χ1n) is 8.05. The van der Waals surface area contributed by atoms with E-state index in [0.29, 0.717) is 17.1 Å². The average Bonchev–Trinajstić information content (AvgIpc) is 2.87. The molecular formula is C16H26N4O. The molecule has 0 bridgehead atoms. The fraction of sp³-hybridized carbons (Fsp3) is 0.812. The Kier molecular flexibility index (Phi) is 3.86. The summed E-state index contributed by atoms with van der Waals surface area (Å²) in [6.45, 7) is 10.5. The van der Waals surface area contributed by atoms with Gasteiger partial charge in [0.15, 0.2) is 0 Å². The number of aromatic nitrogens is 3. The number of fused-ring (bicyclic) bond motifs is 1. The predicted molar refractivity (Wildman–Crippen MR) is 80.6 cm³/mol. The van der Waals surface area contributed by atoms with E-state index in [1.807, 2.05) is 0 Å². The fourth-order valence-electron chi connectivity index (χ4n) is 3.66. The van der Waals surface area contributed by atoms with Crippen molar-refractivity contribution < 1.29 is 4.79 Å². The van der Waals surface area contributed by atoms with E-state index in [0.717, 1.165) is 51.3 Å². The zero-order valence-corrected chi connectivity index (χ0v) is 13.4. The molecule has 21 heavy (non-hydrogen) atoms. The second-order valence-corrected chi connectivity index (χ2v) is 7.68. The molecule has 2 heterocycles. The smallest absolute Gasteiger partial charge is 0.147 e. The van der Waals surface area contributed by atoms with E-state index >= 15 is 0 Å². The molecule has 116 valence electrons. The molecule has 3 rings (SSSR count). The minimum atomic E-state index is 0.206. The Bertz CT molecular complexity index is 517. The lowest BCUT2D eigenvalue weighted by atomic mass is 9.68. The van der Waals surface area contributed by atoms with Gasteiger partial charge < -0.3 is 4.57 Å². The largest absolute Gasteiger partial charge is 0.315 e. The molecule has 1 aromatic rings. The Morgan fingerprint density at radius 3 is 2.90 bits per heavy atom. The third kappa shape index (κ3) is 3.18. The maximum atomic E-state index is 12.3. The minimum Gasteiger partial charge on any atom is -0.315 e. The van der Waals surface area contributed by atoms with Crippen LogP contribution in [0.3, 0.4) is 0 Å². The van der Waals surface area contributed by atoms with Crippen LogP contribution in [-0.4, -0.2) is 38.5 Å². The highest BCUT2D eigenvalue weighted by atomic mass is 16.1. The van der Waals surface area contributed by atoms with E-state index in [4.69, 9.17) is 0 Å². The Hall–Kier alpha value is -1.23. The molecule has 2 unspecified atom stereocenters. The maximum Gasteiger partial charge on any atom is 0.147 e. The van der Waals surface area contributed by atoms with Crippen LogP contribution in [-0.2, 0) is 17.9 Å². The van der Waals surface area contributed by atoms with Crippen LogP contribution in [0.5, 0.6) is 0 Å². The van der Waals surface area contributed by atoms with Crippen molar-refractivity contribution >= 4 is 5.78 Å². The van der Waals surface area contributed by atoms with Crippen LogP contribution in [0.4, 0.5) is 0 Å². The number of hydrogen-bond donors (Lipinski definition) is 0. The zero-order valence-electron chi connectivity index (χ0n) is 13.4. The molecule has 5 heteroatoms. The van der Waals surface area contributed by atoms with Crippen molar-refractivity contribution in [2.75, 3.05) is 13.1 Å². The lowest BCUT2D eigenvalue weighted by Crippen LogP contribution is -2.42. The first-order chi connectivity index (χ1) is 9.93. The van der Waals surface area contributed by atoms with Crippen LogP contribution in [0.2, 0.25) is 0 Å². The third-order valence-corrected chi connectivity index (χ3v) is 5.18. The Balaban J connectivity index is 1.63. The van der Waals surface area contributed by atoms with Crippen molar-refractivity contribution in [3.05, 3.63) is 12.2 Å². The van der Waals surface area contributed by atoms with E-state index in [2.05, 4.69) is 40.4 Å². The number of Topliss-reactive ketones (excluding diaryl/α,β-unsaturated/α-hetero) is 1. The van der Waals surface area contributed by atoms with E-state index in [-0.39, 0.29) is 5.92 Å². The number of nitrogens with zero attached hydrogens (tertiary/aromatic N) is 4. The predicted octanol–water partition coefficient (Wildman–Crippen LogP) is 2.13. The number of ketones is 1. The molecule has 0 N–H and O–H groups in total. The van der Waals surface area contributed by atoms with Crippen molar-refractivity contribution in [2.45, 2.75) is 53.1 Å². The summed E-state index contributed by atoms with van der Waals surface area (Å²) in [7, 11) is 0. The van der Waals surface area contributed by atoms with Gasteiger partial charge in [0.2, 0.25) is 0 Å².